The molecule has 1 heterocycles. The average Bonchev–Trinajstić information content (AvgIpc) is 3.21. The van der Waals surface area contributed by atoms with Crippen LogP contribution in [0.15, 0.2) is 24.3 Å². The lowest BCUT2D eigenvalue weighted by Gasteiger charge is -2.32. The zero-order chi connectivity index (χ0) is 15.9. The van der Waals surface area contributed by atoms with Crippen molar-refractivity contribution in [3.8, 4) is 0 Å². The number of aliphatic carboxylic acids is 1. The maximum absolute atomic E-state index is 12.5. The van der Waals surface area contributed by atoms with Gasteiger partial charge in [0.05, 0.1) is 5.92 Å². The Bertz CT molecular complexity index is 627. The van der Waals surface area contributed by atoms with Crippen molar-refractivity contribution >= 4 is 17.7 Å². The summed E-state index contributed by atoms with van der Waals surface area (Å²) in [7, 11) is 0. The van der Waals surface area contributed by atoms with E-state index in [2.05, 4.69) is 0 Å². The van der Waals surface area contributed by atoms with Gasteiger partial charge in [-0.05, 0) is 43.7 Å². The third-order valence-electron chi connectivity index (χ3n) is 5.07. The van der Waals surface area contributed by atoms with Gasteiger partial charge in [-0.3, -0.25) is 14.4 Å². The van der Waals surface area contributed by atoms with Crippen LogP contribution in [0.4, 0.5) is 0 Å². The molecule has 1 N–H and O–H groups in total. The monoisotopic (exact) mass is 301 g/mol. The van der Waals surface area contributed by atoms with Crippen LogP contribution >= 0.6 is 0 Å². The number of rotatable bonds is 3. The number of carbonyl (C=O) groups excluding carboxylic acids is 2. The molecule has 1 aliphatic carbocycles. The highest BCUT2D eigenvalue weighted by molar-refractivity contribution is 5.97. The van der Waals surface area contributed by atoms with Crippen LogP contribution in [0.5, 0.6) is 0 Å². The summed E-state index contributed by atoms with van der Waals surface area (Å²) in [5.41, 5.74) is 1.10. The van der Waals surface area contributed by atoms with Gasteiger partial charge in [-0.25, -0.2) is 0 Å². The van der Waals surface area contributed by atoms with E-state index in [1.54, 1.807) is 29.2 Å². The molecular weight excluding hydrogens is 282 g/mol. The van der Waals surface area contributed by atoms with Crippen LogP contribution in [0.3, 0.4) is 0 Å². The van der Waals surface area contributed by atoms with E-state index in [1.165, 1.54) is 6.92 Å². The van der Waals surface area contributed by atoms with Crippen LogP contribution in [-0.2, 0) is 4.79 Å². The van der Waals surface area contributed by atoms with Crippen LogP contribution in [0.2, 0.25) is 0 Å². The summed E-state index contributed by atoms with van der Waals surface area (Å²) in [4.78, 5) is 36.5. The van der Waals surface area contributed by atoms with Gasteiger partial charge in [-0.1, -0.05) is 12.1 Å². The molecule has 116 valence electrons. The maximum Gasteiger partial charge on any atom is 0.307 e. The van der Waals surface area contributed by atoms with Gasteiger partial charge >= 0.3 is 5.97 Å². The number of nitrogens with zero attached hydrogens (tertiary/aromatic N) is 1. The van der Waals surface area contributed by atoms with Crippen molar-refractivity contribution in [1.82, 2.24) is 4.90 Å². The molecule has 0 radical (unpaired) electrons. The Morgan fingerprint density at radius 3 is 2.09 bits per heavy atom. The first-order chi connectivity index (χ1) is 10.4. The topological polar surface area (TPSA) is 74.7 Å². The first-order valence-corrected chi connectivity index (χ1v) is 7.56. The SMILES string of the molecule is CC(=O)c1ccc(C(=O)N2CCC3(CC2)CC3C(=O)O)cc1. The lowest BCUT2D eigenvalue weighted by Crippen LogP contribution is -2.40. The second kappa shape index (κ2) is 5.23. The number of carboxylic acid groups (broad SMARTS) is 1. The molecule has 3 rings (SSSR count). The normalized spacial score (nSPS) is 22.4. The zero-order valence-electron chi connectivity index (χ0n) is 12.5. The van der Waals surface area contributed by atoms with Gasteiger partial charge in [0.1, 0.15) is 0 Å². The van der Waals surface area contributed by atoms with E-state index in [0.717, 1.165) is 19.3 Å². The summed E-state index contributed by atoms with van der Waals surface area (Å²) in [5.74, 6) is -0.996. The molecule has 1 aromatic carbocycles. The minimum atomic E-state index is -0.709. The number of piperidine rings is 1. The first kappa shape index (κ1) is 14.8. The quantitative estimate of drug-likeness (QED) is 0.869. The molecule has 5 heteroatoms. The summed E-state index contributed by atoms with van der Waals surface area (Å²) in [6.07, 6.45) is 2.28. The minimum Gasteiger partial charge on any atom is -0.481 e. The smallest absolute Gasteiger partial charge is 0.307 e. The van der Waals surface area contributed by atoms with E-state index >= 15 is 0 Å². The maximum atomic E-state index is 12.5. The second-order valence-corrected chi connectivity index (χ2v) is 6.38. The van der Waals surface area contributed by atoms with Gasteiger partial charge in [0, 0.05) is 24.2 Å². The Hall–Kier alpha value is -2.17. The molecule has 5 nitrogen and oxygen atoms in total. The fourth-order valence-electron chi connectivity index (χ4n) is 3.43. The van der Waals surface area contributed by atoms with Crippen LogP contribution < -0.4 is 0 Å². The summed E-state index contributed by atoms with van der Waals surface area (Å²) in [5, 5.41) is 9.09. The molecule has 1 spiro atoms. The molecule has 1 atom stereocenters. The Balaban J connectivity index is 1.63. The van der Waals surface area contributed by atoms with E-state index in [0.29, 0.717) is 24.2 Å². The summed E-state index contributed by atoms with van der Waals surface area (Å²) >= 11 is 0. The molecular formula is C17H19NO4. The number of likely N-dealkylation sites (tertiary alicyclic amines) is 1. The summed E-state index contributed by atoms with van der Waals surface area (Å²) in [6, 6.07) is 6.70. The molecule has 0 aromatic heterocycles. The predicted molar refractivity (Wildman–Crippen MR) is 79.8 cm³/mol. The zero-order valence-corrected chi connectivity index (χ0v) is 12.5. The molecule has 1 amide bonds. The van der Waals surface area contributed by atoms with Crippen molar-refractivity contribution in [1.29, 1.82) is 0 Å². The van der Waals surface area contributed by atoms with Gasteiger partial charge in [0.15, 0.2) is 5.78 Å². The van der Waals surface area contributed by atoms with Crippen LogP contribution in [-0.4, -0.2) is 40.8 Å². The van der Waals surface area contributed by atoms with Crippen molar-refractivity contribution in [3.05, 3.63) is 35.4 Å². The van der Waals surface area contributed by atoms with E-state index in [-0.39, 0.29) is 23.0 Å². The molecule has 2 aliphatic rings. The van der Waals surface area contributed by atoms with Crippen molar-refractivity contribution in [2.75, 3.05) is 13.1 Å². The molecule has 22 heavy (non-hydrogen) atoms. The molecule has 1 aliphatic heterocycles. The minimum absolute atomic E-state index is 0.0210. The highest BCUT2D eigenvalue weighted by Crippen LogP contribution is 2.59. The van der Waals surface area contributed by atoms with Crippen LogP contribution in [0, 0.1) is 11.3 Å². The highest BCUT2D eigenvalue weighted by Gasteiger charge is 2.59. The Labute approximate surface area is 128 Å². The fourth-order valence-corrected chi connectivity index (χ4v) is 3.43. The van der Waals surface area contributed by atoms with E-state index < -0.39 is 5.97 Å². The Kier molecular flexibility index (Phi) is 3.51. The highest BCUT2D eigenvalue weighted by atomic mass is 16.4. The number of hydrogen-bond donors (Lipinski definition) is 1. The number of ketones is 1. The van der Waals surface area contributed by atoms with Crippen molar-refractivity contribution < 1.29 is 19.5 Å². The second-order valence-electron chi connectivity index (χ2n) is 6.38. The Morgan fingerprint density at radius 2 is 1.64 bits per heavy atom. The lowest BCUT2D eigenvalue weighted by atomic mass is 9.90. The van der Waals surface area contributed by atoms with Crippen LogP contribution in [0.25, 0.3) is 0 Å². The third-order valence-corrected chi connectivity index (χ3v) is 5.07. The number of Topliss-reactive ketones (excluding diaryl/α,β-unsaturated/α-hetero) is 1. The average molecular weight is 301 g/mol. The summed E-state index contributed by atoms with van der Waals surface area (Å²) in [6.45, 7) is 2.71. The van der Waals surface area contributed by atoms with Crippen molar-refractivity contribution in [3.63, 3.8) is 0 Å². The number of carboxylic acids is 1. The van der Waals surface area contributed by atoms with Gasteiger partial charge in [0.2, 0.25) is 0 Å². The van der Waals surface area contributed by atoms with Crippen molar-refractivity contribution in [2.45, 2.75) is 26.2 Å². The molecule has 2 fully saturated rings. The van der Waals surface area contributed by atoms with E-state index in [4.69, 9.17) is 5.11 Å². The number of benzene rings is 1. The van der Waals surface area contributed by atoms with E-state index in [9.17, 15) is 14.4 Å². The lowest BCUT2D eigenvalue weighted by molar-refractivity contribution is -0.139. The molecule has 1 unspecified atom stereocenters. The first-order valence-electron chi connectivity index (χ1n) is 7.56. The van der Waals surface area contributed by atoms with Gasteiger partial charge in [-0.2, -0.15) is 0 Å². The predicted octanol–water partition coefficient (Wildman–Crippen LogP) is 2.22. The molecule has 1 saturated carbocycles. The fraction of sp³-hybridized carbons (Fsp3) is 0.471. The van der Waals surface area contributed by atoms with Crippen molar-refractivity contribution in [2.24, 2.45) is 11.3 Å². The molecule has 1 aromatic rings. The molecule has 0 bridgehead atoms. The number of hydrogen-bond acceptors (Lipinski definition) is 3. The third kappa shape index (κ3) is 2.51. The van der Waals surface area contributed by atoms with Gasteiger partial charge < -0.3 is 10.0 Å². The van der Waals surface area contributed by atoms with Gasteiger partial charge in [0.25, 0.3) is 5.91 Å². The molecule has 1 saturated heterocycles. The largest absolute Gasteiger partial charge is 0.481 e. The van der Waals surface area contributed by atoms with Crippen LogP contribution in [0.1, 0.15) is 46.9 Å². The number of amides is 1. The number of carbonyl (C=O) groups is 3. The standard InChI is InChI=1S/C17H19NO4/c1-11(19)12-2-4-13(5-3-12)15(20)18-8-6-17(7-9-18)10-14(17)16(21)22/h2-5,14H,6-10H2,1H3,(H,21,22). The van der Waals surface area contributed by atoms with Gasteiger partial charge in [-0.15, -0.1) is 0 Å². The summed E-state index contributed by atoms with van der Waals surface area (Å²) < 4.78 is 0. The van der Waals surface area contributed by atoms with E-state index in [1.807, 2.05) is 0 Å². The Morgan fingerprint density at radius 1 is 1.09 bits per heavy atom.